The summed E-state index contributed by atoms with van der Waals surface area (Å²) in [5.41, 5.74) is 2.11. The minimum atomic E-state index is -1.04. The van der Waals surface area contributed by atoms with Crippen LogP contribution in [0.4, 0.5) is 21.5 Å². The second-order valence-corrected chi connectivity index (χ2v) is 12.6. The Balaban J connectivity index is 0.000000461. The molecule has 5 rings (SSSR count). The van der Waals surface area contributed by atoms with Crippen molar-refractivity contribution >= 4 is 63.4 Å². The number of hydrogen-bond donors (Lipinski definition) is 2. The second kappa shape index (κ2) is 14.6. The number of halogens is 2. The van der Waals surface area contributed by atoms with Gasteiger partial charge in [0.15, 0.2) is 0 Å². The molecule has 40 heavy (non-hydrogen) atoms. The van der Waals surface area contributed by atoms with E-state index in [1.165, 1.54) is 49.4 Å². The van der Waals surface area contributed by atoms with E-state index in [-0.39, 0.29) is 22.2 Å². The van der Waals surface area contributed by atoms with Gasteiger partial charge in [0.1, 0.15) is 16.8 Å². The Labute approximate surface area is 246 Å². The predicted molar refractivity (Wildman–Crippen MR) is 164 cm³/mol. The zero-order valence-electron chi connectivity index (χ0n) is 22.2. The summed E-state index contributed by atoms with van der Waals surface area (Å²) < 4.78 is 29.7. The standard InChI is InChI=1S/C24H21ClFN3O3S.C5H11NS/c25-21-11-8-19(15-22(21)28-24(31)17-4-3-5-18(26)14-17)27-23(30)16-6-9-20(10-7-16)29-12-1-2-13-33(29)32;1-6-4-2-3-5-7-6/h3-11,14-15H,1-2,12-13H2,(H,27,30)(H,28,31);2-5H2,1H3. The molecule has 2 fully saturated rings. The number of amides is 2. The molecule has 2 aliphatic heterocycles. The molecule has 2 saturated heterocycles. The molecule has 3 aromatic rings. The summed E-state index contributed by atoms with van der Waals surface area (Å²) in [6.07, 6.45) is 4.75. The predicted octanol–water partition coefficient (Wildman–Crippen LogP) is 6.61. The molecule has 2 N–H and O–H groups in total. The highest BCUT2D eigenvalue weighted by molar-refractivity contribution is 7.97. The fourth-order valence-corrected chi connectivity index (χ4v) is 6.60. The van der Waals surface area contributed by atoms with Crippen molar-refractivity contribution in [2.24, 2.45) is 0 Å². The van der Waals surface area contributed by atoms with E-state index >= 15 is 0 Å². The van der Waals surface area contributed by atoms with Crippen molar-refractivity contribution in [3.05, 3.63) is 88.7 Å². The molecule has 3 aromatic carbocycles. The number of nitrogens with zero attached hydrogens (tertiary/aromatic N) is 2. The largest absolute Gasteiger partial charge is 0.322 e. The van der Waals surface area contributed by atoms with Crippen LogP contribution in [0.1, 0.15) is 46.4 Å². The van der Waals surface area contributed by atoms with E-state index in [4.69, 9.17) is 11.6 Å². The molecule has 2 amide bonds. The Kier molecular flexibility index (Phi) is 11.0. The van der Waals surface area contributed by atoms with E-state index in [1.807, 2.05) is 16.3 Å². The lowest BCUT2D eigenvalue weighted by Gasteiger charge is -2.27. The third-order valence-corrected chi connectivity index (χ3v) is 9.28. The highest BCUT2D eigenvalue weighted by Gasteiger charge is 2.19. The first-order valence-electron chi connectivity index (χ1n) is 13.1. The topological polar surface area (TPSA) is 81.8 Å². The average Bonchev–Trinajstić information content (AvgIpc) is 2.96. The number of rotatable bonds is 5. The zero-order chi connectivity index (χ0) is 28.5. The van der Waals surface area contributed by atoms with Gasteiger partial charge in [-0.2, -0.15) is 0 Å². The summed E-state index contributed by atoms with van der Waals surface area (Å²) in [5, 5.41) is 5.68. The first-order valence-corrected chi connectivity index (χ1v) is 15.7. The van der Waals surface area contributed by atoms with Crippen LogP contribution in [0.5, 0.6) is 0 Å². The third kappa shape index (κ3) is 8.54. The lowest BCUT2D eigenvalue weighted by molar-refractivity contribution is 0.101. The molecule has 0 aromatic heterocycles. The SMILES string of the molecule is CN1CCCCS1.O=C(Nc1ccc(Cl)c(NC(=O)c2cccc(F)c2)c1)c1ccc(N2CCCCS2=O)cc1. The number of benzene rings is 3. The van der Waals surface area contributed by atoms with E-state index in [0.29, 0.717) is 17.0 Å². The number of carbonyl (C=O) groups is 2. The number of anilines is 3. The van der Waals surface area contributed by atoms with Gasteiger partial charge in [0, 0.05) is 47.1 Å². The lowest BCUT2D eigenvalue weighted by atomic mass is 10.1. The Bertz CT molecular complexity index is 1350. The Morgan fingerprint density at radius 2 is 1.65 bits per heavy atom. The van der Waals surface area contributed by atoms with E-state index in [9.17, 15) is 18.2 Å². The summed E-state index contributed by atoms with van der Waals surface area (Å²) in [5.74, 6) is 0.594. The minimum absolute atomic E-state index is 0.148. The third-order valence-electron chi connectivity index (χ3n) is 6.33. The van der Waals surface area contributed by atoms with Gasteiger partial charge in [-0.05, 0) is 93.4 Å². The van der Waals surface area contributed by atoms with Gasteiger partial charge in [0.2, 0.25) is 0 Å². The average molecular weight is 603 g/mol. The quantitative estimate of drug-likeness (QED) is 0.321. The van der Waals surface area contributed by atoms with Crippen molar-refractivity contribution < 1.29 is 18.2 Å². The van der Waals surface area contributed by atoms with Gasteiger partial charge >= 0.3 is 0 Å². The molecule has 2 heterocycles. The van der Waals surface area contributed by atoms with E-state index < -0.39 is 22.7 Å². The smallest absolute Gasteiger partial charge is 0.255 e. The van der Waals surface area contributed by atoms with Gasteiger partial charge < -0.3 is 10.6 Å². The molecule has 0 aliphatic carbocycles. The van der Waals surface area contributed by atoms with Crippen molar-refractivity contribution in [3.8, 4) is 0 Å². The van der Waals surface area contributed by atoms with Crippen molar-refractivity contribution in [1.82, 2.24) is 4.31 Å². The Morgan fingerprint density at radius 3 is 2.30 bits per heavy atom. The Morgan fingerprint density at radius 1 is 0.900 bits per heavy atom. The van der Waals surface area contributed by atoms with E-state index in [2.05, 4.69) is 22.0 Å². The lowest BCUT2D eigenvalue weighted by Crippen LogP contribution is -2.32. The van der Waals surface area contributed by atoms with Crippen LogP contribution < -0.4 is 14.9 Å². The molecule has 0 radical (unpaired) electrons. The van der Waals surface area contributed by atoms with Crippen LogP contribution in [-0.2, 0) is 11.0 Å². The van der Waals surface area contributed by atoms with Gasteiger partial charge in [-0.15, -0.1) is 0 Å². The van der Waals surface area contributed by atoms with Crippen molar-refractivity contribution in [2.45, 2.75) is 25.7 Å². The number of nitrogens with one attached hydrogen (secondary N) is 2. The van der Waals surface area contributed by atoms with Crippen LogP contribution in [0.15, 0.2) is 66.7 Å². The van der Waals surface area contributed by atoms with E-state index in [0.717, 1.165) is 31.1 Å². The molecule has 0 saturated carbocycles. The highest BCUT2D eigenvalue weighted by atomic mass is 35.5. The fourth-order valence-electron chi connectivity index (χ4n) is 4.17. The normalized spacial score (nSPS) is 17.4. The molecule has 1 unspecified atom stereocenters. The molecule has 2 aliphatic rings. The summed E-state index contributed by atoms with van der Waals surface area (Å²) in [7, 11) is 1.12. The Hall–Kier alpha value is -2.92. The molecule has 0 spiro atoms. The molecular weight excluding hydrogens is 571 g/mol. The molecule has 11 heteroatoms. The monoisotopic (exact) mass is 602 g/mol. The second-order valence-electron chi connectivity index (χ2n) is 9.39. The summed E-state index contributed by atoms with van der Waals surface area (Å²) in [6, 6.07) is 16.9. The first kappa shape index (κ1) is 30.0. The molecule has 212 valence electrons. The maximum absolute atomic E-state index is 13.4. The van der Waals surface area contributed by atoms with Crippen LogP contribution in [0.3, 0.4) is 0 Å². The summed E-state index contributed by atoms with van der Waals surface area (Å²) in [4.78, 5) is 25.1. The van der Waals surface area contributed by atoms with Gasteiger partial charge in [0.05, 0.1) is 10.7 Å². The molecule has 0 bridgehead atoms. The van der Waals surface area contributed by atoms with Crippen LogP contribution in [0.25, 0.3) is 0 Å². The molecule has 1 atom stereocenters. The maximum Gasteiger partial charge on any atom is 0.255 e. The minimum Gasteiger partial charge on any atom is -0.322 e. The number of hydrogen-bond acceptors (Lipinski definition) is 5. The summed E-state index contributed by atoms with van der Waals surface area (Å²) in [6.45, 7) is 2.01. The van der Waals surface area contributed by atoms with Gasteiger partial charge in [0.25, 0.3) is 11.8 Å². The van der Waals surface area contributed by atoms with Crippen molar-refractivity contribution in [1.29, 1.82) is 0 Å². The van der Waals surface area contributed by atoms with Crippen LogP contribution in [-0.4, -0.2) is 52.0 Å². The fraction of sp³-hybridized carbons (Fsp3) is 0.310. The molecular formula is C29H32ClFN4O3S2. The molecule has 7 nitrogen and oxygen atoms in total. The van der Waals surface area contributed by atoms with Crippen LogP contribution in [0.2, 0.25) is 5.02 Å². The van der Waals surface area contributed by atoms with Gasteiger partial charge in [-0.25, -0.2) is 8.60 Å². The first-order chi connectivity index (χ1) is 19.3. The summed E-state index contributed by atoms with van der Waals surface area (Å²) >= 11 is 8.14. The van der Waals surface area contributed by atoms with Crippen molar-refractivity contribution in [3.63, 3.8) is 0 Å². The van der Waals surface area contributed by atoms with Crippen LogP contribution >= 0.6 is 23.5 Å². The van der Waals surface area contributed by atoms with Gasteiger partial charge in [-0.1, -0.05) is 29.6 Å². The van der Waals surface area contributed by atoms with E-state index in [1.54, 1.807) is 36.4 Å². The van der Waals surface area contributed by atoms with Gasteiger partial charge in [-0.3, -0.25) is 18.2 Å². The maximum atomic E-state index is 13.4. The van der Waals surface area contributed by atoms with Crippen molar-refractivity contribution in [2.75, 3.05) is 46.6 Å². The van der Waals surface area contributed by atoms with Crippen LogP contribution in [0, 0.1) is 5.82 Å². The zero-order valence-corrected chi connectivity index (χ0v) is 24.6. The number of carbonyl (C=O) groups excluding carboxylic acids is 2. The highest BCUT2D eigenvalue weighted by Crippen LogP contribution is 2.27.